The summed E-state index contributed by atoms with van der Waals surface area (Å²) in [5, 5.41) is 3.36. The van der Waals surface area contributed by atoms with E-state index in [-0.39, 0.29) is 5.41 Å². The zero-order valence-electron chi connectivity index (χ0n) is 13.8. The second-order valence-corrected chi connectivity index (χ2v) is 6.74. The maximum absolute atomic E-state index is 5.61. The minimum Gasteiger partial charge on any atom is -0.381 e. The molecule has 0 radical (unpaired) electrons. The Kier molecular flexibility index (Phi) is 6.22. The van der Waals surface area contributed by atoms with Crippen molar-refractivity contribution in [2.75, 3.05) is 46.9 Å². The Morgan fingerprint density at radius 1 is 1.33 bits per heavy atom. The number of likely N-dealkylation sites (N-methyl/N-ethyl adjacent to an activating group) is 2. The molecule has 2 rings (SSSR count). The molecule has 1 heterocycles. The van der Waals surface area contributed by atoms with Crippen molar-refractivity contribution in [1.29, 1.82) is 0 Å². The number of benzene rings is 1. The van der Waals surface area contributed by atoms with Gasteiger partial charge in [-0.2, -0.15) is 0 Å². The molecule has 1 fully saturated rings. The molecule has 1 aliphatic rings. The highest BCUT2D eigenvalue weighted by Crippen LogP contribution is 2.25. The van der Waals surface area contributed by atoms with Crippen LogP contribution in [0.1, 0.15) is 25.3 Å². The van der Waals surface area contributed by atoms with E-state index in [1.54, 1.807) is 0 Å². The van der Waals surface area contributed by atoms with Crippen molar-refractivity contribution in [3.63, 3.8) is 0 Å². The molecule has 0 amide bonds. The third kappa shape index (κ3) is 4.80. The third-order valence-electron chi connectivity index (χ3n) is 4.48. The monoisotopic (exact) mass is 290 g/mol. The lowest BCUT2D eigenvalue weighted by molar-refractivity contribution is 0.0395. The fraction of sp³-hybridized carbons (Fsp3) is 0.667. The Hall–Kier alpha value is -0.900. The first kappa shape index (κ1) is 16.5. The fourth-order valence-electron chi connectivity index (χ4n) is 3.53. The molecule has 0 aliphatic carbocycles. The Balaban J connectivity index is 1.98. The average Bonchev–Trinajstić information content (AvgIpc) is 2.49. The minimum absolute atomic E-state index is 0.139. The molecule has 0 aromatic heterocycles. The number of hydrogen-bond acceptors (Lipinski definition) is 3. The average molecular weight is 290 g/mol. The first-order valence-electron chi connectivity index (χ1n) is 8.10. The molecule has 2 atom stereocenters. The van der Waals surface area contributed by atoms with Gasteiger partial charge in [0.1, 0.15) is 0 Å². The van der Waals surface area contributed by atoms with Gasteiger partial charge in [0.25, 0.3) is 0 Å². The maximum Gasteiger partial charge on any atom is 0.0506 e. The molecule has 21 heavy (non-hydrogen) atoms. The van der Waals surface area contributed by atoms with E-state index in [0.29, 0.717) is 5.92 Å². The van der Waals surface area contributed by atoms with Gasteiger partial charge in [-0.1, -0.05) is 37.3 Å². The molecule has 3 nitrogen and oxygen atoms in total. The molecule has 0 spiro atoms. The summed E-state index contributed by atoms with van der Waals surface area (Å²) >= 11 is 0. The first-order valence-corrected chi connectivity index (χ1v) is 8.10. The van der Waals surface area contributed by atoms with Crippen LogP contribution in [0.5, 0.6) is 0 Å². The van der Waals surface area contributed by atoms with Crippen molar-refractivity contribution in [2.45, 2.75) is 25.2 Å². The fourth-order valence-corrected chi connectivity index (χ4v) is 3.53. The molecule has 1 aliphatic heterocycles. The van der Waals surface area contributed by atoms with Crippen LogP contribution in [-0.2, 0) is 10.2 Å². The lowest BCUT2D eigenvalue weighted by Gasteiger charge is -2.36. The van der Waals surface area contributed by atoms with Crippen LogP contribution in [0, 0.1) is 5.92 Å². The van der Waals surface area contributed by atoms with Gasteiger partial charge in [-0.3, -0.25) is 0 Å². The molecule has 0 bridgehead atoms. The highest BCUT2D eigenvalue weighted by atomic mass is 16.5. The zero-order chi connectivity index (χ0) is 15.1. The van der Waals surface area contributed by atoms with Crippen molar-refractivity contribution < 1.29 is 4.74 Å². The highest BCUT2D eigenvalue weighted by Gasteiger charge is 2.28. The number of nitrogens with one attached hydrogen (secondary N) is 1. The van der Waals surface area contributed by atoms with Gasteiger partial charge < -0.3 is 15.0 Å². The van der Waals surface area contributed by atoms with Gasteiger partial charge in [0.05, 0.1) is 6.61 Å². The van der Waals surface area contributed by atoms with Crippen molar-refractivity contribution in [1.82, 2.24) is 10.2 Å². The minimum atomic E-state index is 0.139. The zero-order valence-corrected chi connectivity index (χ0v) is 13.8. The smallest absolute Gasteiger partial charge is 0.0506 e. The Labute approximate surface area is 129 Å². The van der Waals surface area contributed by atoms with Crippen LogP contribution >= 0.6 is 0 Å². The number of ether oxygens (including phenoxy) is 1. The van der Waals surface area contributed by atoms with E-state index in [1.165, 1.54) is 18.4 Å². The SMILES string of the molecule is CNCC(C)(CN(C)CC1CCCOC1)c1ccccc1. The topological polar surface area (TPSA) is 24.5 Å². The largest absolute Gasteiger partial charge is 0.381 e. The summed E-state index contributed by atoms with van der Waals surface area (Å²) in [5.74, 6) is 0.693. The molecule has 1 aromatic carbocycles. The van der Waals surface area contributed by atoms with Crippen molar-refractivity contribution >= 4 is 0 Å². The number of rotatable bonds is 7. The van der Waals surface area contributed by atoms with E-state index >= 15 is 0 Å². The molecule has 1 saturated heterocycles. The molecule has 118 valence electrons. The standard InChI is InChI=1S/C18H30N2O/c1-18(14-19-2,17-9-5-4-6-10-17)15-20(3)12-16-8-7-11-21-13-16/h4-6,9-10,16,19H,7-8,11-15H2,1-3H3. The Morgan fingerprint density at radius 2 is 2.10 bits per heavy atom. The summed E-state index contributed by atoms with van der Waals surface area (Å²) in [6, 6.07) is 10.9. The van der Waals surface area contributed by atoms with E-state index in [2.05, 4.69) is 54.5 Å². The number of nitrogens with zero attached hydrogens (tertiary/aromatic N) is 1. The highest BCUT2D eigenvalue weighted by molar-refractivity contribution is 5.25. The molecular weight excluding hydrogens is 260 g/mol. The summed E-state index contributed by atoms with van der Waals surface area (Å²) in [6.07, 6.45) is 2.52. The van der Waals surface area contributed by atoms with Crippen LogP contribution in [0.2, 0.25) is 0 Å². The van der Waals surface area contributed by atoms with Crippen molar-refractivity contribution in [3.8, 4) is 0 Å². The van der Waals surface area contributed by atoms with Crippen LogP contribution in [0.3, 0.4) is 0 Å². The first-order chi connectivity index (χ1) is 10.1. The Bertz CT molecular complexity index is 403. The molecule has 2 unspecified atom stereocenters. The molecule has 0 saturated carbocycles. The van der Waals surface area contributed by atoms with Crippen molar-refractivity contribution in [3.05, 3.63) is 35.9 Å². The normalized spacial score (nSPS) is 22.2. The summed E-state index contributed by atoms with van der Waals surface area (Å²) in [5.41, 5.74) is 1.55. The van der Waals surface area contributed by atoms with E-state index < -0.39 is 0 Å². The second-order valence-electron chi connectivity index (χ2n) is 6.74. The predicted molar refractivity (Wildman–Crippen MR) is 88.8 cm³/mol. The van der Waals surface area contributed by atoms with E-state index in [4.69, 9.17) is 4.74 Å². The van der Waals surface area contributed by atoms with Crippen LogP contribution in [-0.4, -0.2) is 51.8 Å². The number of hydrogen-bond donors (Lipinski definition) is 1. The van der Waals surface area contributed by atoms with Crippen LogP contribution in [0.25, 0.3) is 0 Å². The predicted octanol–water partition coefficient (Wildman–Crippen LogP) is 2.52. The molecule has 3 heteroatoms. The van der Waals surface area contributed by atoms with Crippen LogP contribution < -0.4 is 5.32 Å². The summed E-state index contributed by atoms with van der Waals surface area (Å²) in [7, 11) is 4.28. The third-order valence-corrected chi connectivity index (χ3v) is 4.48. The van der Waals surface area contributed by atoms with Gasteiger partial charge >= 0.3 is 0 Å². The van der Waals surface area contributed by atoms with Crippen LogP contribution in [0.4, 0.5) is 0 Å². The van der Waals surface area contributed by atoms with Gasteiger partial charge in [-0.05, 0) is 38.4 Å². The quantitative estimate of drug-likeness (QED) is 0.835. The Morgan fingerprint density at radius 3 is 2.71 bits per heavy atom. The van der Waals surface area contributed by atoms with Gasteiger partial charge in [-0.15, -0.1) is 0 Å². The summed E-state index contributed by atoms with van der Waals surface area (Å²) in [4.78, 5) is 2.48. The van der Waals surface area contributed by atoms with Crippen molar-refractivity contribution in [2.24, 2.45) is 5.92 Å². The van der Waals surface area contributed by atoms with Gasteiger partial charge in [0.2, 0.25) is 0 Å². The molecule has 1 aromatic rings. The van der Waals surface area contributed by atoms with Gasteiger partial charge in [0.15, 0.2) is 0 Å². The summed E-state index contributed by atoms with van der Waals surface area (Å²) in [6.45, 7) is 7.41. The van der Waals surface area contributed by atoms with Crippen LogP contribution in [0.15, 0.2) is 30.3 Å². The van der Waals surface area contributed by atoms with Gasteiger partial charge in [-0.25, -0.2) is 0 Å². The maximum atomic E-state index is 5.61. The van der Waals surface area contributed by atoms with E-state index in [1.807, 2.05) is 7.05 Å². The lowest BCUT2D eigenvalue weighted by atomic mass is 9.81. The second kappa shape index (κ2) is 7.92. The molecule has 1 N–H and O–H groups in total. The van der Waals surface area contributed by atoms with E-state index in [0.717, 1.165) is 32.8 Å². The molecular formula is C18H30N2O. The summed E-state index contributed by atoms with van der Waals surface area (Å²) < 4.78 is 5.61. The van der Waals surface area contributed by atoms with E-state index in [9.17, 15) is 0 Å². The lowest BCUT2D eigenvalue weighted by Crippen LogP contribution is -2.45. The van der Waals surface area contributed by atoms with Gasteiger partial charge in [0, 0.05) is 31.7 Å².